The van der Waals surface area contributed by atoms with E-state index < -0.39 is 18.0 Å². The first-order valence-electron chi connectivity index (χ1n) is 12.1. The average molecular weight is 512 g/mol. The number of hydrogen-bond donors (Lipinski definition) is 2. The molecule has 0 spiro atoms. The Morgan fingerprint density at radius 2 is 1.79 bits per heavy atom. The molecule has 38 heavy (non-hydrogen) atoms. The molecule has 0 saturated carbocycles. The van der Waals surface area contributed by atoms with E-state index in [0.717, 1.165) is 11.1 Å². The summed E-state index contributed by atoms with van der Waals surface area (Å²) in [5.74, 6) is -0.589. The molecule has 1 atom stereocenters. The second-order valence-corrected chi connectivity index (χ2v) is 8.91. The van der Waals surface area contributed by atoms with Crippen molar-refractivity contribution in [1.82, 2.24) is 9.55 Å². The number of carbonyl (C=O) groups excluding carboxylic acids is 1. The number of ether oxygens (including phenoxy) is 1. The Labute approximate surface area is 217 Å². The standard InChI is InChI=1S/C29H25N3O6/c1-4-37-28(36)24-17(3)30-29-31-22(26(33)32(29)25(24)19-7-5-16(2)6-8-19)15-21-13-14-23(38-21)18-9-11-20(12-10-18)27(34)35/h5-15,25H,4H2,1-3H3,(H,30,31)(H,34,35). The molecule has 0 aliphatic carbocycles. The van der Waals surface area contributed by atoms with Gasteiger partial charge in [-0.3, -0.25) is 9.36 Å². The number of carbonyl (C=O) groups is 2. The number of aromatic amines is 1. The lowest BCUT2D eigenvalue weighted by Gasteiger charge is -2.24. The van der Waals surface area contributed by atoms with Crippen molar-refractivity contribution in [2.45, 2.75) is 26.8 Å². The van der Waals surface area contributed by atoms with Crippen LogP contribution >= 0.6 is 0 Å². The van der Waals surface area contributed by atoms with Crippen LogP contribution in [0.5, 0.6) is 0 Å². The topological polar surface area (TPSA) is 127 Å². The molecule has 3 heterocycles. The molecule has 2 aromatic carbocycles. The Morgan fingerprint density at radius 1 is 1.08 bits per heavy atom. The van der Waals surface area contributed by atoms with Crippen LogP contribution in [0.2, 0.25) is 0 Å². The fourth-order valence-electron chi connectivity index (χ4n) is 4.46. The van der Waals surface area contributed by atoms with Crippen LogP contribution in [0.25, 0.3) is 17.4 Å². The van der Waals surface area contributed by atoms with Crippen molar-refractivity contribution < 1.29 is 23.8 Å². The van der Waals surface area contributed by atoms with Crippen LogP contribution in [0, 0.1) is 6.92 Å². The van der Waals surface area contributed by atoms with E-state index in [-0.39, 0.29) is 23.1 Å². The number of aryl methyl sites for hydroxylation is 1. The van der Waals surface area contributed by atoms with Crippen LogP contribution in [-0.2, 0) is 9.53 Å². The number of furan rings is 1. The van der Waals surface area contributed by atoms with Crippen LogP contribution in [0.3, 0.4) is 0 Å². The van der Waals surface area contributed by atoms with E-state index in [1.54, 1.807) is 44.2 Å². The molecule has 192 valence electrons. The Balaban J connectivity index is 1.59. The van der Waals surface area contributed by atoms with Crippen molar-refractivity contribution >= 4 is 18.0 Å². The maximum absolute atomic E-state index is 13.6. The quantitative estimate of drug-likeness (QED) is 0.383. The number of nitrogens with one attached hydrogen (secondary N) is 1. The zero-order valence-electron chi connectivity index (χ0n) is 21.0. The number of nitrogens with zero attached hydrogens (tertiary/aromatic N) is 2. The van der Waals surface area contributed by atoms with Crippen molar-refractivity contribution in [2.24, 2.45) is 4.99 Å². The maximum Gasteiger partial charge on any atom is 0.338 e. The molecule has 9 nitrogen and oxygen atoms in total. The lowest BCUT2D eigenvalue weighted by molar-refractivity contribution is -0.139. The van der Waals surface area contributed by atoms with E-state index in [1.807, 2.05) is 31.2 Å². The van der Waals surface area contributed by atoms with E-state index >= 15 is 0 Å². The Morgan fingerprint density at radius 3 is 2.45 bits per heavy atom. The number of fused-ring (bicyclic) bond motifs is 1. The van der Waals surface area contributed by atoms with Gasteiger partial charge in [-0.2, -0.15) is 0 Å². The maximum atomic E-state index is 13.6. The average Bonchev–Trinajstić information content (AvgIpc) is 3.48. The highest BCUT2D eigenvalue weighted by molar-refractivity contribution is 5.91. The summed E-state index contributed by atoms with van der Waals surface area (Å²) in [7, 11) is 0. The zero-order valence-corrected chi connectivity index (χ0v) is 21.0. The lowest BCUT2D eigenvalue weighted by Crippen LogP contribution is -2.40. The van der Waals surface area contributed by atoms with Gasteiger partial charge in [0, 0.05) is 11.6 Å². The molecule has 1 aliphatic rings. The summed E-state index contributed by atoms with van der Waals surface area (Å²) in [6, 6.07) is 16.7. The summed E-state index contributed by atoms with van der Waals surface area (Å²) < 4.78 is 12.7. The van der Waals surface area contributed by atoms with Crippen LogP contribution < -0.4 is 16.5 Å². The summed E-state index contributed by atoms with van der Waals surface area (Å²) in [5.41, 5.74) is 3.40. The number of imidazole rings is 1. The molecule has 0 radical (unpaired) electrons. The van der Waals surface area contributed by atoms with Gasteiger partial charge < -0.3 is 19.2 Å². The SMILES string of the molecule is CCOC(=O)C1=C(C)N=c2[nH]c(=Cc3ccc(-c4ccc(C(=O)O)cc4)o3)c(=O)n2C1c1ccc(C)cc1. The molecule has 0 fully saturated rings. The summed E-state index contributed by atoms with van der Waals surface area (Å²) >= 11 is 0. The fraction of sp³-hybridized carbons (Fsp3) is 0.172. The largest absolute Gasteiger partial charge is 0.478 e. The first-order chi connectivity index (χ1) is 18.3. The van der Waals surface area contributed by atoms with Gasteiger partial charge in [-0.15, -0.1) is 0 Å². The van der Waals surface area contributed by atoms with Gasteiger partial charge in [0.15, 0.2) is 0 Å². The normalized spacial score (nSPS) is 15.2. The lowest BCUT2D eigenvalue weighted by atomic mass is 9.95. The molecule has 0 amide bonds. The third-order valence-electron chi connectivity index (χ3n) is 6.34. The first kappa shape index (κ1) is 24.8. The molecular formula is C29H25N3O6. The number of aromatic nitrogens is 2. The molecule has 1 unspecified atom stereocenters. The van der Waals surface area contributed by atoms with Gasteiger partial charge in [-0.1, -0.05) is 42.0 Å². The van der Waals surface area contributed by atoms with E-state index in [1.165, 1.54) is 16.7 Å². The predicted octanol–water partition coefficient (Wildman–Crippen LogP) is 3.33. The molecule has 9 heteroatoms. The molecule has 4 aromatic rings. The number of carboxylic acids is 1. The number of carboxylic acid groups (broad SMARTS) is 1. The summed E-state index contributed by atoms with van der Waals surface area (Å²) in [4.78, 5) is 45.3. The number of esters is 1. The second kappa shape index (κ2) is 9.85. The zero-order chi connectivity index (χ0) is 27.0. The number of benzene rings is 2. The Hall–Kier alpha value is -4.92. The van der Waals surface area contributed by atoms with Gasteiger partial charge >= 0.3 is 11.9 Å². The van der Waals surface area contributed by atoms with Gasteiger partial charge in [-0.05, 0) is 50.6 Å². The van der Waals surface area contributed by atoms with Gasteiger partial charge in [-0.25, -0.2) is 14.6 Å². The van der Waals surface area contributed by atoms with E-state index in [0.29, 0.717) is 34.0 Å². The monoisotopic (exact) mass is 511 g/mol. The van der Waals surface area contributed by atoms with Gasteiger partial charge in [0.2, 0.25) is 5.62 Å². The van der Waals surface area contributed by atoms with Gasteiger partial charge in [0.25, 0.3) is 5.56 Å². The number of hydrogen-bond acceptors (Lipinski definition) is 6. The van der Waals surface area contributed by atoms with E-state index in [2.05, 4.69) is 9.98 Å². The van der Waals surface area contributed by atoms with Crippen molar-refractivity contribution in [3.63, 3.8) is 0 Å². The molecule has 5 rings (SSSR count). The molecular weight excluding hydrogens is 486 g/mol. The number of H-pyrrole nitrogens is 1. The molecule has 2 N–H and O–H groups in total. The smallest absolute Gasteiger partial charge is 0.338 e. The minimum absolute atomic E-state index is 0.176. The minimum Gasteiger partial charge on any atom is -0.478 e. The molecule has 0 saturated heterocycles. The third-order valence-corrected chi connectivity index (χ3v) is 6.34. The highest BCUT2D eigenvalue weighted by Gasteiger charge is 2.33. The highest BCUT2D eigenvalue weighted by atomic mass is 16.5. The third kappa shape index (κ3) is 4.50. The van der Waals surface area contributed by atoms with Crippen molar-refractivity contribution in [3.8, 4) is 11.3 Å². The summed E-state index contributed by atoms with van der Waals surface area (Å²) in [6.07, 6.45) is 1.57. The van der Waals surface area contributed by atoms with Gasteiger partial charge in [0.05, 0.1) is 29.5 Å². The van der Waals surface area contributed by atoms with Crippen LogP contribution in [0.1, 0.15) is 47.1 Å². The molecule has 0 bridgehead atoms. The number of aromatic carboxylic acids is 1. The minimum atomic E-state index is -1.01. The second-order valence-electron chi connectivity index (χ2n) is 8.91. The van der Waals surface area contributed by atoms with Crippen LogP contribution in [0.15, 0.2) is 86.1 Å². The van der Waals surface area contributed by atoms with Crippen molar-refractivity contribution in [3.05, 3.63) is 116 Å². The highest BCUT2D eigenvalue weighted by Crippen LogP contribution is 2.30. The molecule has 2 aromatic heterocycles. The Bertz CT molecular complexity index is 1750. The van der Waals surface area contributed by atoms with Crippen molar-refractivity contribution in [1.29, 1.82) is 0 Å². The van der Waals surface area contributed by atoms with E-state index in [4.69, 9.17) is 14.3 Å². The van der Waals surface area contributed by atoms with E-state index in [9.17, 15) is 14.4 Å². The fourth-order valence-corrected chi connectivity index (χ4v) is 4.46. The first-order valence-corrected chi connectivity index (χ1v) is 12.1. The number of allylic oxidation sites excluding steroid dienone is 1. The van der Waals surface area contributed by atoms with Crippen LogP contribution in [0.4, 0.5) is 0 Å². The number of rotatable bonds is 6. The Kier molecular flexibility index (Phi) is 6.42. The summed E-state index contributed by atoms with van der Waals surface area (Å²) in [5, 5.41) is 9.34. The van der Waals surface area contributed by atoms with Crippen molar-refractivity contribution in [2.75, 3.05) is 6.61 Å². The molecule has 1 aliphatic heterocycles. The van der Waals surface area contributed by atoms with Crippen LogP contribution in [-0.4, -0.2) is 33.2 Å². The predicted molar refractivity (Wildman–Crippen MR) is 139 cm³/mol. The summed E-state index contributed by atoms with van der Waals surface area (Å²) in [6.45, 7) is 5.62. The van der Waals surface area contributed by atoms with Gasteiger partial charge in [0.1, 0.15) is 16.9 Å².